The number of methoxy groups -OCH3 is 2. The molecular weight excluding hydrogens is 248 g/mol. The number of hydrogen-bond acceptors (Lipinski definition) is 6. The number of carbonyl (C=O) groups is 1. The first-order chi connectivity index (χ1) is 9.24. The molecule has 0 aliphatic carbocycles. The van der Waals surface area contributed by atoms with Crippen LogP contribution < -0.4 is 9.64 Å². The van der Waals surface area contributed by atoms with E-state index < -0.39 is 0 Å². The smallest absolute Gasteiger partial charge is 0.248 e. The summed E-state index contributed by atoms with van der Waals surface area (Å²) >= 11 is 0. The minimum Gasteiger partial charge on any atom is -0.480 e. The Balaban J connectivity index is 1.90. The maximum absolute atomic E-state index is 11.7. The number of carbonyl (C=O) groups excluding carboxylic acids is 1. The van der Waals surface area contributed by atoms with Crippen LogP contribution in [-0.2, 0) is 9.53 Å². The lowest BCUT2D eigenvalue weighted by Crippen LogP contribution is -2.50. The zero-order valence-electron chi connectivity index (χ0n) is 11.2. The van der Waals surface area contributed by atoms with Crippen molar-refractivity contribution in [3.05, 3.63) is 12.1 Å². The van der Waals surface area contributed by atoms with Crippen molar-refractivity contribution >= 4 is 11.7 Å². The van der Waals surface area contributed by atoms with Gasteiger partial charge in [-0.15, -0.1) is 10.2 Å². The molecule has 1 aromatic rings. The summed E-state index contributed by atoms with van der Waals surface area (Å²) in [5.41, 5.74) is 0. The van der Waals surface area contributed by atoms with E-state index in [0.29, 0.717) is 19.0 Å². The summed E-state index contributed by atoms with van der Waals surface area (Å²) in [7, 11) is 3.09. The molecule has 0 aromatic carbocycles. The molecule has 0 unspecified atom stereocenters. The lowest BCUT2D eigenvalue weighted by molar-refractivity contribution is -0.135. The van der Waals surface area contributed by atoms with Gasteiger partial charge in [0.05, 0.1) is 7.11 Å². The minimum atomic E-state index is 0.0305. The van der Waals surface area contributed by atoms with Crippen molar-refractivity contribution in [1.29, 1.82) is 0 Å². The second kappa shape index (κ2) is 6.33. The Morgan fingerprint density at radius 2 is 1.95 bits per heavy atom. The fourth-order valence-electron chi connectivity index (χ4n) is 1.99. The monoisotopic (exact) mass is 266 g/mol. The predicted molar refractivity (Wildman–Crippen MR) is 69.3 cm³/mol. The summed E-state index contributed by atoms with van der Waals surface area (Å²) < 4.78 is 9.83. The van der Waals surface area contributed by atoms with Crippen molar-refractivity contribution < 1.29 is 14.3 Å². The Hall–Kier alpha value is -1.89. The van der Waals surface area contributed by atoms with Crippen LogP contribution in [0, 0.1) is 0 Å². The Bertz CT molecular complexity index is 415. The van der Waals surface area contributed by atoms with Crippen LogP contribution in [0.15, 0.2) is 12.1 Å². The maximum atomic E-state index is 11.7. The third-order valence-electron chi connectivity index (χ3n) is 3.06. The SMILES string of the molecule is COCC(=O)N1CCN(c2ccc(OC)nn2)CC1. The molecular formula is C12H18N4O3. The zero-order chi connectivity index (χ0) is 13.7. The number of aromatic nitrogens is 2. The summed E-state index contributed by atoms with van der Waals surface area (Å²) in [6.45, 7) is 2.99. The fraction of sp³-hybridized carbons (Fsp3) is 0.583. The van der Waals surface area contributed by atoms with Gasteiger partial charge in [-0.2, -0.15) is 0 Å². The molecule has 7 heteroatoms. The van der Waals surface area contributed by atoms with E-state index in [0.717, 1.165) is 18.9 Å². The molecule has 104 valence electrons. The summed E-state index contributed by atoms with van der Waals surface area (Å²) in [4.78, 5) is 15.6. The van der Waals surface area contributed by atoms with Crippen molar-refractivity contribution in [2.45, 2.75) is 0 Å². The number of nitrogens with zero attached hydrogens (tertiary/aromatic N) is 4. The fourth-order valence-corrected chi connectivity index (χ4v) is 1.99. The molecule has 0 spiro atoms. The second-order valence-electron chi connectivity index (χ2n) is 4.23. The van der Waals surface area contributed by atoms with Crippen LogP contribution in [0.25, 0.3) is 0 Å². The summed E-state index contributed by atoms with van der Waals surface area (Å²) in [5, 5.41) is 8.04. The quantitative estimate of drug-likeness (QED) is 0.750. The molecule has 0 radical (unpaired) electrons. The Labute approximate surface area is 112 Å². The van der Waals surface area contributed by atoms with Gasteiger partial charge in [0.15, 0.2) is 5.82 Å². The van der Waals surface area contributed by atoms with E-state index in [2.05, 4.69) is 15.1 Å². The highest BCUT2D eigenvalue weighted by Crippen LogP contribution is 2.14. The van der Waals surface area contributed by atoms with Crippen molar-refractivity contribution in [3.63, 3.8) is 0 Å². The van der Waals surface area contributed by atoms with Crippen LogP contribution in [0.3, 0.4) is 0 Å². The van der Waals surface area contributed by atoms with E-state index in [1.54, 1.807) is 18.1 Å². The van der Waals surface area contributed by atoms with E-state index in [9.17, 15) is 4.79 Å². The lowest BCUT2D eigenvalue weighted by atomic mass is 10.3. The normalized spacial score (nSPS) is 15.5. The highest BCUT2D eigenvalue weighted by atomic mass is 16.5. The number of amides is 1. The predicted octanol–water partition coefficient (Wildman–Crippen LogP) is -0.220. The highest BCUT2D eigenvalue weighted by molar-refractivity contribution is 5.77. The Morgan fingerprint density at radius 1 is 1.21 bits per heavy atom. The van der Waals surface area contributed by atoms with Gasteiger partial charge in [-0.3, -0.25) is 4.79 Å². The van der Waals surface area contributed by atoms with Crippen LogP contribution in [0.5, 0.6) is 5.88 Å². The van der Waals surface area contributed by atoms with Crippen LogP contribution >= 0.6 is 0 Å². The van der Waals surface area contributed by atoms with E-state index in [1.807, 2.05) is 6.07 Å². The maximum Gasteiger partial charge on any atom is 0.248 e. The van der Waals surface area contributed by atoms with Crippen molar-refractivity contribution in [2.75, 3.05) is 51.9 Å². The van der Waals surface area contributed by atoms with Crippen LogP contribution in [-0.4, -0.2) is 68.0 Å². The van der Waals surface area contributed by atoms with Crippen LogP contribution in [0.4, 0.5) is 5.82 Å². The second-order valence-corrected chi connectivity index (χ2v) is 4.23. The van der Waals surface area contributed by atoms with Crippen LogP contribution in [0.1, 0.15) is 0 Å². The standard InChI is InChI=1S/C12H18N4O3/c1-18-9-12(17)16-7-5-15(6-8-16)10-3-4-11(19-2)14-13-10/h3-4H,5-9H2,1-2H3. The molecule has 0 bridgehead atoms. The van der Waals surface area contributed by atoms with Gasteiger partial charge in [-0.1, -0.05) is 0 Å². The van der Waals surface area contributed by atoms with Crippen molar-refractivity contribution in [3.8, 4) is 5.88 Å². The first kappa shape index (κ1) is 13.5. The molecule has 1 fully saturated rings. The molecule has 7 nitrogen and oxygen atoms in total. The molecule has 2 heterocycles. The van der Waals surface area contributed by atoms with E-state index in [-0.39, 0.29) is 12.5 Å². The van der Waals surface area contributed by atoms with Gasteiger partial charge >= 0.3 is 0 Å². The Morgan fingerprint density at radius 3 is 2.47 bits per heavy atom. The summed E-state index contributed by atoms with van der Waals surface area (Å²) in [5.74, 6) is 1.33. The molecule has 0 saturated carbocycles. The first-order valence-electron chi connectivity index (χ1n) is 6.14. The molecule has 0 atom stereocenters. The summed E-state index contributed by atoms with van der Waals surface area (Å²) in [6, 6.07) is 3.66. The lowest BCUT2D eigenvalue weighted by Gasteiger charge is -2.35. The molecule has 1 amide bonds. The van der Waals surface area contributed by atoms with Crippen molar-refractivity contribution in [1.82, 2.24) is 15.1 Å². The van der Waals surface area contributed by atoms with Gasteiger partial charge in [-0.05, 0) is 6.07 Å². The largest absolute Gasteiger partial charge is 0.480 e. The van der Waals surface area contributed by atoms with Gasteiger partial charge in [0, 0.05) is 39.4 Å². The Kier molecular flexibility index (Phi) is 4.51. The zero-order valence-corrected chi connectivity index (χ0v) is 11.2. The average Bonchev–Trinajstić information content (AvgIpc) is 2.48. The number of hydrogen-bond donors (Lipinski definition) is 0. The van der Waals surface area contributed by atoms with E-state index in [4.69, 9.17) is 9.47 Å². The highest BCUT2D eigenvalue weighted by Gasteiger charge is 2.21. The van der Waals surface area contributed by atoms with Gasteiger partial charge in [0.2, 0.25) is 11.8 Å². The molecule has 2 rings (SSSR count). The molecule has 19 heavy (non-hydrogen) atoms. The topological polar surface area (TPSA) is 67.8 Å². The average molecular weight is 266 g/mol. The van der Waals surface area contributed by atoms with E-state index >= 15 is 0 Å². The first-order valence-corrected chi connectivity index (χ1v) is 6.14. The van der Waals surface area contributed by atoms with Gasteiger partial charge < -0.3 is 19.3 Å². The molecule has 1 saturated heterocycles. The number of piperazine rings is 1. The van der Waals surface area contributed by atoms with Gasteiger partial charge in [0.1, 0.15) is 6.61 Å². The molecule has 1 aromatic heterocycles. The number of anilines is 1. The third-order valence-corrected chi connectivity index (χ3v) is 3.06. The van der Waals surface area contributed by atoms with E-state index in [1.165, 1.54) is 7.11 Å². The number of rotatable bonds is 4. The minimum absolute atomic E-state index is 0.0305. The molecule has 1 aliphatic heterocycles. The van der Waals surface area contributed by atoms with Crippen molar-refractivity contribution in [2.24, 2.45) is 0 Å². The van der Waals surface area contributed by atoms with Crippen LogP contribution in [0.2, 0.25) is 0 Å². The molecule has 1 aliphatic rings. The molecule has 0 N–H and O–H groups in total. The summed E-state index contributed by atoms with van der Waals surface area (Å²) in [6.07, 6.45) is 0. The number of ether oxygens (including phenoxy) is 2. The van der Waals surface area contributed by atoms with Gasteiger partial charge in [-0.25, -0.2) is 0 Å². The van der Waals surface area contributed by atoms with Gasteiger partial charge in [0.25, 0.3) is 0 Å². The third kappa shape index (κ3) is 3.31.